The lowest BCUT2D eigenvalue weighted by atomic mass is 10.2. The minimum atomic E-state index is 0.502. The number of fused-ring (bicyclic) bond motifs is 1. The van der Waals surface area contributed by atoms with E-state index in [9.17, 15) is 4.79 Å². The van der Waals surface area contributed by atoms with E-state index in [-0.39, 0.29) is 0 Å². The molecule has 3 nitrogen and oxygen atoms in total. The first kappa shape index (κ1) is 10.2. The molecule has 0 fully saturated rings. The zero-order chi connectivity index (χ0) is 11.7. The van der Waals surface area contributed by atoms with Gasteiger partial charge >= 0.3 is 0 Å². The van der Waals surface area contributed by atoms with Crippen LogP contribution in [0.5, 0.6) is 0 Å². The fraction of sp³-hybridized carbons (Fsp3) is 0.0769. The average molecular weight is 242 g/mol. The Kier molecular flexibility index (Phi) is 2.49. The van der Waals surface area contributed by atoms with Crippen LogP contribution in [0.15, 0.2) is 36.7 Å². The predicted molar refractivity (Wildman–Crippen MR) is 68.6 cm³/mol. The number of nitrogens with one attached hydrogen (secondary N) is 1. The maximum Gasteiger partial charge on any atom is 0.170 e. The highest BCUT2D eigenvalue weighted by molar-refractivity contribution is 7.19. The van der Waals surface area contributed by atoms with Gasteiger partial charge in [0.1, 0.15) is 5.69 Å². The SMILES string of the molecule is O=Cc1nc[nH]c1Cc1cc2ccccc2s1. The Morgan fingerprint density at radius 3 is 3.06 bits per heavy atom. The van der Waals surface area contributed by atoms with Gasteiger partial charge < -0.3 is 4.98 Å². The third kappa shape index (κ3) is 1.87. The Morgan fingerprint density at radius 2 is 2.24 bits per heavy atom. The van der Waals surface area contributed by atoms with E-state index in [0.29, 0.717) is 5.69 Å². The van der Waals surface area contributed by atoms with Gasteiger partial charge in [-0.25, -0.2) is 4.98 Å². The van der Waals surface area contributed by atoms with E-state index in [1.807, 2.05) is 12.1 Å². The van der Waals surface area contributed by atoms with Crippen molar-refractivity contribution in [3.05, 3.63) is 52.9 Å². The summed E-state index contributed by atoms with van der Waals surface area (Å²) >= 11 is 1.75. The number of aromatic amines is 1. The van der Waals surface area contributed by atoms with Gasteiger partial charge in [-0.2, -0.15) is 0 Å². The van der Waals surface area contributed by atoms with Gasteiger partial charge in [-0.3, -0.25) is 4.79 Å². The smallest absolute Gasteiger partial charge is 0.170 e. The Hall–Kier alpha value is -1.94. The molecule has 0 bridgehead atoms. The summed E-state index contributed by atoms with van der Waals surface area (Å²) in [5, 5.41) is 1.25. The van der Waals surface area contributed by atoms with Crippen LogP contribution in [0.3, 0.4) is 0 Å². The van der Waals surface area contributed by atoms with Crippen LogP contribution in [0.4, 0.5) is 0 Å². The number of aldehydes is 1. The van der Waals surface area contributed by atoms with Crippen molar-refractivity contribution in [2.45, 2.75) is 6.42 Å². The summed E-state index contributed by atoms with van der Waals surface area (Å²) in [5.41, 5.74) is 1.38. The van der Waals surface area contributed by atoms with Gasteiger partial charge in [0.25, 0.3) is 0 Å². The first-order chi connectivity index (χ1) is 8.36. The van der Waals surface area contributed by atoms with E-state index >= 15 is 0 Å². The van der Waals surface area contributed by atoms with Crippen molar-refractivity contribution in [1.82, 2.24) is 9.97 Å². The molecule has 0 unspecified atom stereocenters. The molecule has 0 aliphatic heterocycles. The van der Waals surface area contributed by atoms with Crippen molar-refractivity contribution < 1.29 is 4.79 Å². The highest BCUT2D eigenvalue weighted by atomic mass is 32.1. The monoisotopic (exact) mass is 242 g/mol. The molecule has 1 aromatic carbocycles. The van der Waals surface area contributed by atoms with Gasteiger partial charge in [0, 0.05) is 16.0 Å². The van der Waals surface area contributed by atoms with Crippen LogP contribution in [-0.2, 0) is 6.42 Å². The highest BCUT2D eigenvalue weighted by Gasteiger charge is 2.07. The normalized spacial score (nSPS) is 10.8. The quantitative estimate of drug-likeness (QED) is 0.717. The molecular weight excluding hydrogens is 232 g/mol. The summed E-state index contributed by atoms with van der Waals surface area (Å²) in [6.45, 7) is 0. The van der Waals surface area contributed by atoms with E-state index < -0.39 is 0 Å². The zero-order valence-electron chi connectivity index (χ0n) is 9.01. The molecule has 0 atom stereocenters. The predicted octanol–water partition coefficient (Wildman–Crippen LogP) is 3.03. The third-order valence-corrected chi connectivity index (χ3v) is 3.81. The van der Waals surface area contributed by atoms with Crippen molar-refractivity contribution >= 4 is 27.7 Å². The maximum atomic E-state index is 10.8. The number of H-pyrrole nitrogens is 1. The summed E-state index contributed by atoms with van der Waals surface area (Å²) in [7, 11) is 0. The Morgan fingerprint density at radius 1 is 1.35 bits per heavy atom. The van der Waals surface area contributed by atoms with Crippen LogP contribution in [0.25, 0.3) is 10.1 Å². The zero-order valence-corrected chi connectivity index (χ0v) is 9.83. The minimum absolute atomic E-state index is 0.502. The molecule has 2 aromatic heterocycles. The number of rotatable bonds is 3. The van der Waals surface area contributed by atoms with Crippen LogP contribution in [0.1, 0.15) is 21.1 Å². The third-order valence-electron chi connectivity index (χ3n) is 2.69. The molecule has 0 amide bonds. The molecule has 0 aliphatic carbocycles. The van der Waals surface area contributed by atoms with Gasteiger partial charge in [-0.15, -0.1) is 11.3 Å². The standard InChI is InChI=1S/C13H10N2OS/c16-7-12-11(14-8-15-12)6-10-5-9-3-1-2-4-13(9)17-10/h1-5,7-8H,6H2,(H,14,15). The maximum absolute atomic E-state index is 10.8. The molecular formula is C13H10N2OS. The number of thiophene rings is 1. The van der Waals surface area contributed by atoms with E-state index in [2.05, 4.69) is 28.2 Å². The average Bonchev–Trinajstić information content (AvgIpc) is 2.94. The number of hydrogen-bond donors (Lipinski definition) is 1. The number of nitrogens with zero attached hydrogens (tertiary/aromatic N) is 1. The highest BCUT2D eigenvalue weighted by Crippen LogP contribution is 2.27. The van der Waals surface area contributed by atoms with Crippen molar-refractivity contribution in [3.8, 4) is 0 Å². The summed E-state index contributed by atoms with van der Waals surface area (Å²) < 4.78 is 1.27. The number of benzene rings is 1. The first-order valence-corrected chi connectivity index (χ1v) is 6.13. The fourth-order valence-electron chi connectivity index (χ4n) is 1.87. The summed E-state index contributed by atoms with van der Waals surface area (Å²) in [5.74, 6) is 0. The Labute approximate surface area is 102 Å². The molecule has 2 heterocycles. The first-order valence-electron chi connectivity index (χ1n) is 5.31. The van der Waals surface area contributed by atoms with Gasteiger partial charge in [0.2, 0.25) is 0 Å². The van der Waals surface area contributed by atoms with E-state index in [4.69, 9.17) is 0 Å². The second kappa shape index (κ2) is 4.14. The summed E-state index contributed by atoms with van der Waals surface area (Å²) in [6, 6.07) is 10.4. The summed E-state index contributed by atoms with van der Waals surface area (Å²) in [6.07, 6.45) is 3.08. The van der Waals surface area contributed by atoms with E-state index in [1.54, 1.807) is 17.7 Å². The fourth-order valence-corrected chi connectivity index (χ4v) is 2.95. The van der Waals surface area contributed by atoms with E-state index in [0.717, 1.165) is 18.4 Å². The van der Waals surface area contributed by atoms with Gasteiger partial charge in [0.15, 0.2) is 6.29 Å². The lowest BCUT2D eigenvalue weighted by Crippen LogP contribution is -1.91. The van der Waals surface area contributed by atoms with Crippen molar-refractivity contribution in [2.24, 2.45) is 0 Å². The van der Waals surface area contributed by atoms with Crippen LogP contribution in [-0.4, -0.2) is 16.3 Å². The van der Waals surface area contributed by atoms with Gasteiger partial charge in [-0.1, -0.05) is 18.2 Å². The molecule has 4 heteroatoms. The molecule has 1 N–H and O–H groups in total. The molecule has 0 radical (unpaired) electrons. The Bertz CT molecular complexity index is 636. The van der Waals surface area contributed by atoms with Crippen molar-refractivity contribution in [2.75, 3.05) is 0 Å². The summed E-state index contributed by atoms with van der Waals surface area (Å²) in [4.78, 5) is 19.0. The number of carbonyl (C=O) groups is 1. The molecule has 84 valence electrons. The lowest BCUT2D eigenvalue weighted by Gasteiger charge is -1.94. The number of carbonyl (C=O) groups excluding carboxylic acids is 1. The topological polar surface area (TPSA) is 45.8 Å². The van der Waals surface area contributed by atoms with Gasteiger partial charge in [0.05, 0.1) is 12.0 Å². The molecule has 0 saturated carbocycles. The largest absolute Gasteiger partial charge is 0.348 e. The Balaban J connectivity index is 1.97. The molecule has 3 aromatic rings. The van der Waals surface area contributed by atoms with Gasteiger partial charge in [-0.05, 0) is 17.5 Å². The van der Waals surface area contributed by atoms with Crippen LogP contribution in [0, 0.1) is 0 Å². The molecule has 0 aliphatic rings. The van der Waals surface area contributed by atoms with Crippen LogP contribution in [0.2, 0.25) is 0 Å². The minimum Gasteiger partial charge on any atom is -0.348 e. The van der Waals surface area contributed by atoms with Crippen molar-refractivity contribution in [3.63, 3.8) is 0 Å². The van der Waals surface area contributed by atoms with Crippen molar-refractivity contribution in [1.29, 1.82) is 0 Å². The molecule has 17 heavy (non-hydrogen) atoms. The second-order valence-electron chi connectivity index (χ2n) is 3.81. The number of aromatic nitrogens is 2. The lowest BCUT2D eigenvalue weighted by molar-refractivity contribution is 0.111. The number of imidazole rings is 1. The van der Waals surface area contributed by atoms with E-state index in [1.165, 1.54) is 15.0 Å². The molecule has 0 spiro atoms. The van der Waals surface area contributed by atoms with Crippen LogP contribution < -0.4 is 0 Å². The van der Waals surface area contributed by atoms with Crippen LogP contribution >= 0.6 is 11.3 Å². The second-order valence-corrected chi connectivity index (χ2v) is 4.98. The molecule has 0 saturated heterocycles. The molecule has 3 rings (SSSR count). The number of hydrogen-bond acceptors (Lipinski definition) is 3.